The third-order valence-electron chi connectivity index (χ3n) is 3.76. The molecule has 0 aliphatic carbocycles. The molecule has 1 aromatic rings. The maximum absolute atomic E-state index is 12.1. The van der Waals surface area contributed by atoms with Gasteiger partial charge in [-0.15, -0.1) is 0 Å². The second kappa shape index (κ2) is 10.4. The van der Waals surface area contributed by atoms with Crippen LogP contribution in [0.2, 0.25) is 0 Å². The molecule has 118 valence electrons. The lowest BCUT2D eigenvalue weighted by Gasteiger charge is -2.25. The van der Waals surface area contributed by atoms with Crippen molar-refractivity contribution < 1.29 is 4.79 Å². The van der Waals surface area contributed by atoms with Crippen LogP contribution in [0.25, 0.3) is 0 Å². The zero-order chi connectivity index (χ0) is 15.5. The van der Waals surface area contributed by atoms with E-state index in [-0.39, 0.29) is 5.91 Å². The summed E-state index contributed by atoms with van der Waals surface area (Å²) in [6.07, 6.45) is 2.82. The summed E-state index contributed by atoms with van der Waals surface area (Å²) >= 11 is 0. The predicted molar refractivity (Wildman–Crippen MR) is 89.2 cm³/mol. The van der Waals surface area contributed by atoms with Crippen LogP contribution in [0.4, 0.5) is 0 Å². The van der Waals surface area contributed by atoms with Crippen LogP contribution in [0.1, 0.15) is 45.6 Å². The SMILES string of the molecule is CCCN(CC)CCCN(Cc1ccccc1)C(=O)CC. The summed E-state index contributed by atoms with van der Waals surface area (Å²) in [6, 6.07) is 10.3. The van der Waals surface area contributed by atoms with Crippen molar-refractivity contribution in [3.63, 3.8) is 0 Å². The first kappa shape index (κ1) is 17.7. The Morgan fingerprint density at radius 1 is 1.00 bits per heavy atom. The molecule has 0 unspecified atom stereocenters. The van der Waals surface area contributed by atoms with Crippen LogP contribution in [0.15, 0.2) is 30.3 Å². The second-order valence-electron chi connectivity index (χ2n) is 5.44. The van der Waals surface area contributed by atoms with Crippen molar-refractivity contribution in [1.29, 1.82) is 0 Å². The van der Waals surface area contributed by atoms with E-state index in [1.54, 1.807) is 0 Å². The summed E-state index contributed by atoms with van der Waals surface area (Å²) < 4.78 is 0. The molecule has 1 amide bonds. The van der Waals surface area contributed by atoms with Gasteiger partial charge in [-0.25, -0.2) is 0 Å². The number of hydrogen-bond acceptors (Lipinski definition) is 2. The molecule has 0 spiro atoms. The fourth-order valence-corrected chi connectivity index (χ4v) is 2.55. The Balaban J connectivity index is 2.49. The molecule has 1 aromatic carbocycles. The van der Waals surface area contributed by atoms with Crippen molar-refractivity contribution in [3.8, 4) is 0 Å². The van der Waals surface area contributed by atoms with E-state index >= 15 is 0 Å². The van der Waals surface area contributed by atoms with Crippen molar-refractivity contribution in [2.75, 3.05) is 26.2 Å². The van der Waals surface area contributed by atoms with Crippen LogP contribution in [-0.2, 0) is 11.3 Å². The quantitative estimate of drug-likeness (QED) is 0.658. The maximum Gasteiger partial charge on any atom is 0.222 e. The average Bonchev–Trinajstić information content (AvgIpc) is 2.53. The number of hydrogen-bond donors (Lipinski definition) is 0. The van der Waals surface area contributed by atoms with Crippen LogP contribution in [0, 0.1) is 0 Å². The second-order valence-corrected chi connectivity index (χ2v) is 5.44. The first-order valence-electron chi connectivity index (χ1n) is 8.25. The number of benzene rings is 1. The van der Waals surface area contributed by atoms with Gasteiger partial charge in [-0.05, 0) is 38.0 Å². The fraction of sp³-hybridized carbons (Fsp3) is 0.611. The van der Waals surface area contributed by atoms with Gasteiger partial charge in [-0.1, -0.05) is 51.1 Å². The van der Waals surface area contributed by atoms with Gasteiger partial charge in [0.2, 0.25) is 5.91 Å². The molecular weight excluding hydrogens is 260 g/mol. The molecule has 3 heteroatoms. The topological polar surface area (TPSA) is 23.6 Å². The minimum absolute atomic E-state index is 0.248. The lowest BCUT2D eigenvalue weighted by Crippen LogP contribution is -2.34. The lowest BCUT2D eigenvalue weighted by atomic mass is 10.2. The molecule has 0 N–H and O–H groups in total. The van der Waals surface area contributed by atoms with E-state index in [0.717, 1.165) is 39.1 Å². The summed E-state index contributed by atoms with van der Waals surface area (Å²) in [4.78, 5) is 16.6. The van der Waals surface area contributed by atoms with Gasteiger partial charge < -0.3 is 9.80 Å². The molecule has 0 aliphatic heterocycles. The van der Waals surface area contributed by atoms with Crippen molar-refractivity contribution in [3.05, 3.63) is 35.9 Å². The first-order valence-corrected chi connectivity index (χ1v) is 8.25. The third kappa shape index (κ3) is 6.76. The van der Waals surface area contributed by atoms with Gasteiger partial charge in [-0.3, -0.25) is 4.79 Å². The molecule has 0 heterocycles. The van der Waals surface area contributed by atoms with E-state index in [2.05, 4.69) is 30.9 Å². The van der Waals surface area contributed by atoms with Gasteiger partial charge in [0.1, 0.15) is 0 Å². The highest BCUT2D eigenvalue weighted by Gasteiger charge is 2.12. The van der Waals surface area contributed by atoms with Gasteiger partial charge in [0.15, 0.2) is 0 Å². The van der Waals surface area contributed by atoms with E-state index in [1.807, 2.05) is 30.0 Å². The first-order chi connectivity index (χ1) is 10.2. The Morgan fingerprint density at radius 2 is 1.71 bits per heavy atom. The van der Waals surface area contributed by atoms with Crippen LogP contribution < -0.4 is 0 Å². The molecule has 3 nitrogen and oxygen atoms in total. The van der Waals surface area contributed by atoms with Crippen LogP contribution in [0.3, 0.4) is 0 Å². The van der Waals surface area contributed by atoms with Gasteiger partial charge in [0.25, 0.3) is 0 Å². The monoisotopic (exact) mass is 290 g/mol. The fourth-order valence-electron chi connectivity index (χ4n) is 2.55. The molecule has 0 fully saturated rings. The van der Waals surface area contributed by atoms with E-state index in [1.165, 1.54) is 12.0 Å². The molecule has 0 saturated carbocycles. The van der Waals surface area contributed by atoms with Crippen molar-refractivity contribution in [2.45, 2.75) is 46.6 Å². The standard InChI is InChI=1S/C18H30N2O/c1-4-13-19(6-3)14-10-15-20(18(21)5-2)16-17-11-8-7-9-12-17/h7-9,11-12H,4-6,10,13-16H2,1-3H3. The Hall–Kier alpha value is -1.35. The molecule has 0 aliphatic rings. The zero-order valence-corrected chi connectivity index (χ0v) is 13.8. The highest BCUT2D eigenvalue weighted by Crippen LogP contribution is 2.07. The summed E-state index contributed by atoms with van der Waals surface area (Å²) in [5.74, 6) is 0.248. The number of carbonyl (C=O) groups is 1. The van der Waals surface area contributed by atoms with E-state index in [4.69, 9.17) is 0 Å². The molecule has 0 aromatic heterocycles. The summed E-state index contributed by atoms with van der Waals surface area (Å²) in [5, 5.41) is 0. The average molecular weight is 290 g/mol. The number of rotatable bonds is 10. The molecule has 0 atom stereocenters. The summed E-state index contributed by atoms with van der Waals surface area (Å²) in [7, 11) is 0. The molecule has 0 radical (unpaired) electrons. The Kier molecular flexibility index (Phi) is 8.76. The van der Waals surface area contributed by atoms with Crippen molar-refractivity contribution in [1.82, 2.24) is 9.80 Å². The Morgan fingerprint density at radius 3 is 2.29 bits per heavy atom. The smallest absolute Gasteiger partial charge is 0.222 e. The van der Waals surface area contributed by atoms with Gasteiger partial charge in [0, 0.05) is 19.5 Å². The van der Waals surface area contributed by atoms with Crippen LogP contribution in [-0.4, -0.2) is 41.9 Å². The third-order valence-corrected chi connectivity index (χ3v) is 3.76. The number of nitrogens with zero attached hydrogens (tertiary/aromatic N) is 2. The van der Waals surface area contributed by atoms with Crippen LogP contribution >= 0.6 is 0 Å². The molecule has 0 saturated heterocycles. The molecule has 1 rings (SSSR count). The Bertz CT molecular complexity index is 391. The minimum Gasteiger partial charge on any atom is -0.338 e. The predicted octanol–water partition coefficient (Wildman–Crippen LogP) is 3.55. The molecular formula is C18H30N2O. The van der Waals surface area contributed by atoms with Gasteiger partial charge in [-0.2, -0.15) is 0 Å². The zero-order valence-electron chi connectivity index (χ0n) is 13.8. The van der Waals surface area contributed by atoms with E-state index in [0.29, 0.717) is 6.42 Å². The van der Waals surface area contributed by atoms with E-state index < -0.39 is 0 Å². The molecule has 21 heavy (non-hydrogen) atoms. The number of carbonyl (C=O) groups excluding carboxylic acids is 1. The summed E-state index contributed by atoms with van der Waals surface area (Å²) in [6.45, 7) is 11.3. The van der Waals surface area contributed by atoms with Gasteiger partial charge in [0.05, 0.1) is 0 Å². The van der Waals surface area contributed by atoms with Gasteiger partial charge >= 0.3 is 0 Å². The highest BCUT2D eigenvalue weighted by atomic mass is 16.2. The van der Waals surface area contributed by atoms with Crippen LogP contribution in [0.5, 0.6) is 0 Å². The van der Waals surface area contributed by atoms with Crippen molar-refractivity contribution in [2.24, 2.45) is 0 Å². The highest BCUT2D eigenvalue weighted by molar-refractivity contribution is 5.75. The lowest BCUT2D eigenvalue weighted by molar-refractivity contribution is -0.131. The van der Waals surface area contributed by atoms with E-state index in [9.17, 15) is 4.79 Å². The minimum atomic E-state index is 0.248. The summed E-state index contributed by atoms with van der Waals surface area (Å²) in [5.41, 5.74) is 1.21. The maximum atomic E-state index is 12.1. The Labute approximate surface area is 129 Å². The number of amides is 1. The normalized spacial score (nSPS) is 10.9. The van der Waals surface area contributed by atoms with Crippen molar-refractivity contribution >= 4 is 5.91 Å². The molecule has 0 bridgehead atoms. The largest absolute Gasteiger partial charge is 0.338 e.